The van der Waals surface area contributed by atoms with Gasteiger partial charge in [0.25, 0.3) is 5.97 Å². The predicted molar refractivity (Wildman–Crippen MR) is 21.9 cm³/mol. The van der Waals surface area contributed by atoms with Crippen molar-refractivity contribution in [3.05, 3.63) is 0 Å². The quantitative estimate of drug-likeness (QED) is 0.556. The molecule has 0 aromatic heterocycles. The monoisotopic (exact) mass is 384 g/mol. The number of carbonyl (C=O) groups is 1. The molecule has 0 fully saturated rings. The van der Waals surface area contributed by atoms with Gasteiger partial charge in [-0.3, -0.25) is 4.79 Å². The van der Waals surface area contributed by atoms with Crippen LogP contribution in [0.15, 0.2) is 0 Å². The molecule has 0 atom stereocenters. The van der Waals surface area contributed by atoms with E-state index in [4.69, 9.17) is 9.90 Å². The Bertz CT molecular complexity index is 34.5. The third-order valence-corrected chi connectivity index (χ3v) is 0. The van der Waals surface area contributed by atoms with E-state index in [9.17, 15) is 0 Å². The fourth-order valence-electron chi connectivity index (χ4n) is 0. The van der Waals surface area contributed by atoms with E-state index in [1.54, 1.807) is 0 Å². The van der Waals surface area contributed by atoms with Gasteiger partial charge >= 0.3 is 27.3 Å². The third kappa shape index (κ3) is 57.3. The van der Waals surface area contributed by atoms with Gasteiger partial charge < -0.3 is 5.11 Å². The number of hydrogen-bond acceptors (Lipinski definition) is 1. The second-order valence-corrected chi connectivity index (χ2v) is 0.519. The van der Waals surface area contributed by atoms with Crippen LogP contribution in [0.1, 0.15) is 6.92 Å². The van der Waals surface area contributed by atoms with Crippen LogP contribution in [-0.4, -0.2) is 38.4 Å². The van der Waals surface area contributed by atoms with E-state index in [1.807, 2.05) is 0 Å². The van der Waals surface area contributed by atoms with E-state index in [0.29, 0.717) is 0 Å². The number of rotatable bonds is 0. The number of carboxylic acids is 1. The standard InChI is InChI=1S/C2H4O2.Cd.Pb.2H/c1-2(3)4;;;;/h1H3,(H,3,4);;;;. The molecule has 32 valence electrons. The van der Waals surface area contributed by atoms with Crippen LogP contribution in [0.25, 0.3) is 0 Å². The molecular weight excluding hydrogens is 376 g/mol. The van der Waals surface area contributed by atoms with Gasteiger partial charge in [-0.2, -0.15) is 0 Å². The minimum atomic E-state index is -0.833. The summed E-state index contributed by atoms with van der Waals surface area (Å²) in [6.07, 6.45) is 0. The topological polar surface area (TPSA) is 37.3 Å². The first-order chi connectivity index (χ1) is 1.73. The van der Waals surface area contributed by atoms with Gasteiger partial charge in [-0.15, -0.1) is 0 Å². The summed E-state index contributed by atoms with van der Waals surface area (Å²) in [5.41, 5.74) is 0. The SMILES string of the molecule is CC(=O)O.[Cd].[PbH2]. The van der Waals surface area contributed by atoms with Gasteiger partial charge in [0.2, 0.25) is 0 Å². The average molecular weight is 382 g/mol. The molecule has 2 radical (unpaired) electrons. The van der Waals surface area contributed by atoms with Gasteiger partial charge in [0.05, 0.1) is 0 Å². The molecule has 0 rings (SSSR count). The van der Waals surface area contributed by atoms with Gasteiger partial charge in [0, 0.05) is 34.2 Å². The van der Waals surface area contributed by atoms with Crippen molar-refractivity contribution in [3.63, 3.8) is 0 Å². The van der Waals surface area contributed by atoms with E-state index in [2.05, 4.69) is 0 Å². The maximum atomic E-state index is 9.00. The summed E-state index contributed by atoms with van der Waals surface area (Å²) in [6, 6.07) is 0. The summed E-state index contributed by atoms with van der Waals surface area (Å²) in [6.45, 7) is 1.08. The Hall–Kier alpha value is 1.31. The van der Waals surface area contributed by atoms with Gasteiger partial charge in [-0.05, 0) is 0 Å². The van der Waals surface area contributed by atoms with Crippen molar-refractivity contribution < 1.29 is 37.2 Å². The Morgan fingerprint density at radius 3 is 1.67 bits per heavy atom. The summed E-state index contributed by atoms with van der Waals surface area (Å²) < 4.78 is 0. The summed E-state index contributed by atoms with van der Waals surface area (Å²) in [4.78, 5) is 9.00. The van der Waals surface area contributed by atoms with Crippen LogP contribution in [0, 0.1) is 0 Å². The van der Waals surface area contributed by atoms with Crippen molar-refractivity contribution in [2.75, 3.05) is 0 Å². The van der Waals surface area contributed by atoms with Crippen LogP contribution in [0.2, 0.25) is 0 Å². The first-order valence-electron chi connectivity index (χ1n) is 0.928. The number of hydrogen-bond donors (Lipinski definition) is 1. The van der Waals surface area contributed by atoms with E-state index in [0.717, 1.165) is 6.92 Å². The molecule has 0 aliphatic rings. The molecule has 6 heavy (non-hydrogen) atoms. The Morgan fingerprint density at radius 2 is 1.67 bits per heavy atom. The van der Waals surface area contributed by atoms with Crippen molar-refractivity contribution in [3.8, 4) is 0 Å². The van der Waals surface area contributed by atoms with E-state index in [1.165, 1.54) is 0 Å². The molecule has 2 nitrogen and oxygen atoms in total. The van der Waals surface area contributed by atoms with Crippen LogP contribution >= 0.6 is 0 Å². The number of carboxylic acid groups (broad SMARTS) is 1. The molecule has 0 aliphatic carbocycles. The van der Waals surface area contributed by atoms with Crippen molar-refractivity contribution in [2.24, 2.45) is 0 Å². The summed E-state index contributed by atoms with van der Waals surface area (Å²) >= 11 is 0. The van der Waals surface area contributed by atoms with Crippen LogP contribution in [0.5, 0.6) is 0 Å². The predicted octanol–water partition coefficient (Wildman–Crippen LogP) is -0.828. The van der Waals surface area contributed by atoms with Crippen molar-refractivity contribution >= 4 is 33.3 Å². The van der Waals surface area contributed by atoms with Crippen LogP contribution < -0.4 is 0 Å². The molecular formula is C2H6CdO2Pb. The van der Waals surface area contributed by atoms with Crippen LogP contribution in [-0.2, 0) is 32.1 Å². The van der Waals surface area contributed by atoms with Crippen molar-refractivity contribution in [2.45, 2.75) is 6.92 Å². The second-order valence-electron chi connectivity index (χ2n) is 0.519. The molecule has 0 aliphatic heterocycles. The number of aliphatic carboxylic acids is 1. The van der Waals surface area contributed by atoms with Crippen molar-refractivity contribution in [1.29, 1.82) is 0 Å². The fraction of sp³-hybridized carbons (Fsp3) is 0.500. The minimum absolute atomic E-state index is 0. The Labute approximate surface area is 76.6 Å². The van der Waals surface area contributed by atoms with Gasteiger partial charge in [0.1, 0.15) is 0 Å². The fourth-order valence-corrected chi connectivity index (χ4v) is 0. The molecule has 0 bridgehead atoms. The molecule has 0 heterocycles. The Balaban J connectivity index is -0.0000000450. The zero-order valence-corrected chi connectivity index (χ0v) is 13.3. The Kier molecular flexibility index (Phi) is 25.0. The first kappa shape index (κ1) is 15.7. The summed E-state index contributed by atoms with van der Waals surface area (Å²) in [5.74, 6) is -0.833. The molecule has 0 aromatic rings. The van der Waals surface area contributed by atoms with Gasteiger partial charge in [-0.25, -0.2) is 0 Å². The zero-order chi connectivity index (χ0) is 3.58. The second kappa shape index (κ2) is 9.58. The Morgan fingerprint density at radius 1 is 1.67 bits per heavy atom. The van der Waals surface area contributed by atoms with Gasteiger partial charge in [-0.1, -0.05) is 0 Å². The normalized spacial score (nSPS) is 4.17. The molecule has 0 aromatic carbocycles. The first-order valence-corrected chi connectivity index (χ1v) is 0.928. The summed E-state index contributed by atoms with van der Waals surface area (Å²) in [5, 5.41) is 7.42. The molecule has 1 N–H and O–H groups in total. The van der Waals surface area contributed by atoms with Crippen LogP contribution in [0.4, 0.5) is 0 Å². The summed E-state index contributed by atoms with van der Waals surface area (Å²) in [7, 11) is 0. The maximum absolute atomic E-state index is 9.00. The van der Waals surface area contributed by atoms with E-state index >= 15 is 0 Å². The third-order valence-electron chi connectivity index (χ3n) is 0. The molecule has 0 saturated heterocycles. The molecule has 0 unspecified atom stereocenters. The van der Waals surface area contributed by atoms with Crippen LogP contribution in [0.3, 0.4) is 0 Å². The molecule has 4 heteroatoms. The molecule has 0 spiro atoms. The van der Waals surface area contributed by atoms with E-state index in [-0.39, 0.29) is 54.6 Å². The molecule has 0 amide bonds. The van der Waals surface area contributed by atoms with E-state index < -0.39 is 5.97 Å². The van der Waals surface area contributed by atoms with Crippen molar-refractivity contribution in [1.82, 2.24) is 0 Å². The average Bonchev–Trinajstić information content (AvgIpc) is 0.811. The van der Waals surface area contributed by atoms with Gasteiger partial charge in [0.15, 0.2) is 0 Å². The zero-order valence-electron chi connectivity index (χ0n) is 3.77. The molecule has 0 saturated carbocycles.